The second kappa shape index (κ2) is 8.04. The molecular formula is C13H29N3. The summed E-state index contributed by atoms with van der Waals surface area (Å²) < 4.78 is 0. The van der Waals surface area contributed by atoms with Gasteiger partial charge in [0.25, 0.3) is 0 Å². The molecule has 1 saturated heterocycles. The smallest absolute Gasteiger partial charge is 0.0217 e. The molecule has 1 aliphatic rings. The molecule has 0 aromatic heterocycles. The Morgan fingerprint density at radius 3 is 2.81 bits per heavy atom. The Morgan fingerprint density at radius 1 is 1.31 bits per heavy atom. The zero-order valence-electron chi connectivity index (χ0n) is 11.3. The van der Waals surface area contributed by atoms with Gasteiger partial charge in [0.15, 0.2) is 0 Å². The average molecular weight is 227 g/mol. The number of hydrogen-bond acceptors (Lipinski definition) is 3. The van der Waals surface area contributed by atoms with Gasteiger partial charge in [0, 0.05) is 12.6 Å². The maximum absolute atomic E-state index is 3.47. The summed E-state index contributed by atoms with van der Waals surface area (Å²) in [5.41, 5.74) is 0. The zero-order valence-corrected chi connectivity index (χ0v) is 11.3. The summed E-state index contributed by atoms with van der Waals surface area (Å²) in [5, 5.41) is 3.47. The Bertz CT molecular complexity index is 171. The molecule has 0 radical (unpaired) electrons. The Kier molecular flexibility index (Phi) is 7.01. The standard InChI is InChI=1S/C13H29N3/c1-4-8-14-9-6-11-16-10-5-7-13(12-16)15(2)3/h13-14H,4-12H2,1-3H3. The first-order chi connectivity index (χ1) is 7.74. The fourth-order valence-electron chi connectivity index (χ4n) is 2.39. The minimum absolute atomic E-state index is 0.775. The van der Waals surface area contributed by atoms with Crippen LogP contribution in [-0.2, 0) is 0 Å². The fraction of sp³-hybridized carbons (Fsp3) is 1.00. The zero-order chi connectivity index (χ0) is 11.8. The first-order valence-corrected chi connectivity index (χ1v) is 6.83. The predicted octanol–water partition coefficient (Wildman–Crippen LogP) is 1.40. The molecule has 1 atom stereocenters. The van der Waals surface area contributed by atoms with Gasteiger partial charge in [-0.05, 0) is 66.0 Å². The normalized spacial score (nSPS) is 22.9. The van der Waals surface area contributed by atoms with Crippen LogP contribution in [0.4, 0.5) is 0 Å². The van der Waals surface area contributed by atoms with Gasteiger partial charge in [-0.15, -0.1) is 0 Å². The summed E-state index contributed by atoms with van der Waals surface area (Å²) in [5.74, 6) is 0. The van der Waals surface area contributed by atoms with Crippen molar-refractivity contribution in [1.29, 1.82) is 0 Å². The molecule has 3 heteroatoms. The Hall–Kier alpha value is -0.120. The molecule has 1 heterocycles. The van der Waals surface area contributed by atoms with Gasteiger partial charge in [0.05, 0.1) is 0 Å². The van der Waals surface area contributed by atoms with Crippen molar-refractivity contribution in [3.8, 4) is 0 Å². The van der Waals surface area contributed by atoms with Crippen LogP contribution in [0.5, 0.6) is 0 Å². The van der Waals surface area contributed by atoms with Crippen LogP contribution in [0.2, 0.25) is 0 Å². The summed E-state index contributed by atoms with van der Waals surface area (Å²) in [6, 6.07) is 0.775. The third-order valence-corrected chi connectivity index (χ3v) is 3.47. The first-order valence-electron chi connectivity index (χ1n) is 6.83. The van der Waals surface area contributed by atoms with Crippen molar-refractivity contribution in [1.82, 2.24) is 15.1 Å². The van der Waals surface area contributed by atoms with Crippen LogP contribution in [0.1, 0.15) is 32.6 Å². The van der Waals surface area contributed by atoms with E-state index in [1.165, 1.54) is 58.4 Å². The first kappa shape index (κ1) is 13.9. The molecule has 0 bridgehead atoms. The number of hydrogen-bond donors (Lipinski definition) is 1. The molecule has 16 heavy (non-hydrogen) atoms. The molecule has 0 amide bonds. The van der Waals surface area contributed by atoms with Crippen LogP contribution in [-0.4, -0.2) is 62.7 Å². The lowest BCUT2D eigenvalue weighted by Gasteiger charge is -2.36. The minimum atomic E-state index is 0.775. The highest BCUT2D eigenvalue weighted by Gasteiger charge is 2.20. The monoisotopic (exact) mass is 227 g/mol. The second-order valence-corrected chi connectivity index (χ2v) is 5.16. The van der Waals surface area contributed by atoms with Crippen LogP contribution in [0.3, 0.4) is 0 Å². The highest BCUT2D eigenvalue weighted by atomic mass is 15.2. The van der Waals surface area contributed by atoms with E-state index in [0.29, 0.717) is 0 Å². The number of nitrogens with zero attached hydrogens (tertiary/aromatic N) is 2. The average Bonchev–Trinajstić information content (AvgIpc) is 2.29. The molecular weight excluding hydrogens is 198 g/mol. The molecule has 0 saturated carbocycles. The lowest BCUT2D eigenvalue weighted by Crippen LogP contribution is -2.45. The number of piperidine rings is 1. The molecule has 1 fully saturated rings. The van der Waals surface area contributed by atoms with Crippen LogP contribution >= 0.6 is 0 Å². The van der Waals surface area contributed by atoms with Gasteiger partial charge in [-0.2, -0.15) is 0 Å². The largest absolute Gasteiger partial charge is 0.317 e. The highest BCUT2D eigenvalue weighted by molar-refractivity contribution is 4.77. The van der Waals surface area contributed by atoms with Crippen molar-refractivity contribution in [2.75, 3.05) is 46.8 Å². The number of likely N-dealkylation sites (N-methyl/N-ethyl adjacent to an activating group) is 1. The van der Waals surface area contributed by atoms with Gasteiger partial charge in [0.2, 0.25) is 0 Å². The van der Waals surface area contributed by atoms with Gasteiger partial charge >= 0.3 is 0 Å². The van der Waals surface area contributed by atoms with Gasteiger partial charge in [0.1, 0.15) is 0 Å². The summed E-state index contributed by atoms with van der Waals surface area (Å²) in [7, 11) is 4.41. The molecule has 1 aliphatic heterocycles. The van der Waals surface area contributed by atoms with Crippen molar-refractivity contribution >= 4 is 0 Å². The van der Waals surface area contributed by atoms with Crippen molar-refractivity contribution < 1.29 is 0 Å². The van der Waals surface area contributed by atoms with E-state index in [1.54, 1.807) is 0 Å². The maximum Gasteiger partial charge on any atom is 0.0217 e. The summed E-state index contributed by atoms with van der Waals surface area (Å²) >= 11 is 0. The molecule has 0 aliphatic carbocycles. The number of nitrogens with one attached hydrogen (secondary N) is 1. The summed E-state index contributed by atoms with van der Waals surface area (Å²) in [4.78, 5) is 5.00. The topological polar surface area (TPSA) is 18.5 Å². The van der Waals surface area contributed by atoms with Gasteiger partial charge in [-0.25, -0.2) is 0 Å². The predicted molar refractivity (Wildman–Crippen MR) is 70.9 cm³/mol. The van der Waals surface area contributed by atoms with Crippen molar-refractivity contribution in [2.24, 2.45) is 0 Å². The van der Waals surface area contributed by atoms with Crippen molar-refractivity contribution in [3.63, 3.8) is 0 Å². The quantitative estimate of drug-likeness (QED) is 0.663. The third-order valence-electron chi connectivity index (χ3n) is 3.47. The Morgan fingerprint density at radius 2 is 2.12 bits per heavy atom. The van der Waals surface area contributed by atoms with Crippen LogP contribution in [0.15, 0.2) is 0 Å². The van der Waals surface area contributed by atoms with Crippen molar-refractivity contribution in [2.45, 2.75) is 38.6 Å². The number of rotatable bonds is 7. The lowest BCUT2D eigenvalue weighted by molar-refractivity contribution is 0.132. The summed E-state index contributed by atoms with van der Waals surface area (Å²) in [6.07, 6.45) is 5.27. The van der Waals surface area contributed by atoms with E-state index in [0.717, 1.165) is 6.04 Å². The molecule has 1 unspecified atom stereocenters. The maximum atomic E-state index is 3.47. The van der Waals surface area contributed by atoms with E-state index in [4.69, 9.17) is 0 Å². The molecule has 1 rings (SSSR count). The minimum Gasteiger partial charge on any atom is -0.317 e. The third kappa shape index (κ3) is 5.28. The molecule has 0 aromatic carbocycles. The second-order valence-electron chi connectivity index (χ2n) is 5.16. The van der Waals surface area contributed by atoms with E-state index in [1.807, 2.05) is 0 Å². The fourth-order valence-corrected chi connectivity index (χ4v) is 2.39. The van der Waals surface area contributed by atoms with Gasteiger partial charge in [-0.1, -0.05) is 6.92 Å². The van der Waals surface area contributed by atoms with Gasteiger partial charge < -0.3 is 15.1 Å². The van der Waals surface area contributed by atoms with E-state index >= 15 is 0 Å². The molecule has 1 N–H and O–H groups in total. The van der Waals surface area contributed by atoms with Gasteiger partial charge in [-0.3, -0.25) is 0 Å². The lowest BCUT2D eigenvalue weighted by atomic mass is 10.0. The van der Waals surface area contributed by atoms with Crippen molar-refractivity contribution in [3.05, 3.63) is 0 Å². The van der Waals surface area contributed by atoms with Crippen LogP contribution < -0.4 is 5.32 Å². The number of likely N-dealkylation sites (tertiary alicyclic amines) is 1. The SMILES string of the molecule is CCCNCCCN1CCCC(N(C)C)C1. The van der Waals surface area contributed by atoms with E-state index in [9.17, 15) is 0 Å². The van der Waals surface area contributed by atoms with E-state index in [2.05, 4.69) is 36.1 Å². The summed E-state index contributed by atoms with van der Waals surface area (Å²) in [6.45, 7) is 8.40. The van der Waals surface area contributed by atoms with E-state index in [-0.39, 0.29) is 0 Å². The van der Waals surface area contributed by atoms with Crippen LogP contribution in [0.25, 0.3) is 0 Å². The molecule has 0 aromatic rings. The Labute approximate surface area is 101 Å². The molecule has 0 spiro atoms. The van der Waals surface area contributed by atoms with Crippen LogP contribution in [0, 0.1) is 0 Å². The molecule has 3 nitrogen and oxygen atoms in total. The molecule has 96 valence electrons. The van der Waals surface area contributed by atoms with E-state index < -0.39 is 0 Å². The Balaban J connectivity index is 2.07. The highest BCUT2D eigenvalue weighted by Crippen LogP contribution is 2.13.